The summed E-state index contributed by atoms with van der Waals surface area (Å²) in [5, 5.41) is 13.6. The Bertz CT molecular complexity index is 1730. The Morgan fingerprint density at radius 2 is 1.51 bits per heavy atom. The molecule has 0 spiro atoms. The van der Waals surface area contributed by atoms with Gasteiger partial charge < -0.3 is 25.6 Å². The highest BCUT2D eigenvalue weighted by Crippen LogP contribution is 2.40. The second-order valence-electron chi connectivity index (χ2n) is 12.1. The first-order chi connectivity index (χ1) is 23.0. The SMILES string of the molecule is NC(Cc1ccc(O)cc1)C(=O)NCCCOc1ccc(-c2sc3ccccc3c2Cc2ccc(OCCN3CCCC3)cc2)cc1. The number of amides is 1. The molecule has 1 saturated heterocycles. The third kappa shape index (κ3) is 8.92. The summed E-state index contributed by atoms with van der Waals surface area (Å²) in [5.74, 6) is 1.72. The van der Waals surface area contributed by atoms with Crippen LogP contribution in [0.25, 0.3) is 20.5 Å². The van der Waals surface area contributed by atoms with E-state index in [-0.39, 0.29) is 11.7 Å². The van der Waals surface area contributed by atoms with Crippen molar-refractivity contribution >= 4 is 27.3 Å². The van der Waals surface area contributed by atoms with Gasteiger partial charge in [0.15, 0.2) is 0 Å². The van der Waals surface area contributed by atoms with Crippen LogP contribution in [0.2, 0.25) is 0 Å². The van der Waals surface area contributed by atoms with E-state index in [1.165, 1.54) is 57.6 Å². The van der Waals surface area contributed by atoms with Gasteiger partial charge in [0.1, 0.15) is 23.9 Å². The second-order valence-corrected chi connectivity index (χ2v) is 13.2. The maximum Gasteiger partial charge on any atom is 0.237 e. The summed E-state index contributed by atoms with van der Waals surface area (Å²) in [6.45, 7) is 5.07. The normalized spacial score (nSPS) is 13.9. The number of nitrogens with zero attached hydrogens (tertiary/aromatic N) is 1. The number of nitrogens with one attached hydrogen (secondary N) is 1. The minimum Gasteiger partial charge on any atom is -0.508 e. The molecule has 0 saturated carbocycles. The summed E-state index contributed by atoms with van der Waals surface area (Å²) in [4.78, 5) is 16.1. The molecule has 1 fully saturated rings. The molecule has 244 valence electrons. The van der Waals surface area contributed by atoms with E-state index in [1.807, 2.05) is 23.5 Å². The number of phenolic OH excluding ortho intramolecular Hbond substituents is 1. The van der Waals surface area contributed by atoms with Crippen LogP contribution < -0.4 is 20.5 Å². The zero-order chi connectivity index (χ0) is 32.4. The van der Waals surface area contributed by atoms with Gasteiger partial charge in [-0.25, -0.2) is 0 Å². The molecule has 1 unspecified atom stereocenters. The maximum absolute atomic E-state index is 12.4. The quantitative estimate of drug-likeness (QED) is 0.108. The Morgan fingerprint density at radius 1 is 0.851 bits per heavy atom. The first kappa shape index (κ1) is 32.6. The molecule has 1 aliphatic heterocycles. The Hall–Kier alpha value is -4.37. The molecular weight excluding hydrogens is 607 g/mol. The van der Waals surface area contributed by atoms with E-state index in [2.05, 4.69) is 70.9 Å². The van der Waals surface area contributed by atoms with Gasteiger partial charge in [-0.2, -0.15) is 0 Å². The number of thiophene rings is 1. The number of carbonyl (C=O) groups is 1. The van der Waals surface area contributed by atoms with Gasteiger partial charge >= 0.3 is 0 Å². The molecule has 5 aromatic rings. The number of carbonyl (C=O) groups excluding carboxylic acids is 1. The number of rotatable bonds is 15. The fourth-order valence-electron chi connectivity index (χ4n) is 6.00. The molecule has 4 aromatic carbocycles. The summed E-state index contributed by atoms with van der Waals surface area (Å²) >= 11 is 1.83. The number of fused-ring (bicyclic) bond motifs is 1. The van der Waals surface area contributed by atoms with Gasteiger partial charge in [-0.3, -0.25) is 9.69 Å². The largest absolute Gasteiger partial charge is 0.508 e. The second kappa shape index (κ2) is 16.0. The molecule has 8 heteroatoms. The first-order valence-corrected chi connectivity index (χ1v) is 17.3. The molecule has 1 amide bonds. The fourth-order valence-corrected chi connectivity index (χ4v) is 7.23. The summed E-state index contributed by atoms with van der Waals surface area (Å²) in [5.41, 5.74) is 10.7. The minimum atomic E-state index is -0.644. The average molecular weight is 650 g/mol. The molecule has 7 nitrogen and oxygen atoms in total. The molecule has 2 heterocycles. The zero-order valence-corrected chi connectivity index (χ0v) is 27.5. The number of hydrogen-bond acceptors (Lipinski definition) is 7. The van der Waals surface area contributed by atoms with Gasteiger partial charge in [-0.15, -0.1) is 11.3 Å². The Labute approximate surface area is 280 Å². The molecule has 0 radical (unpaired) electrons. The minimum absolute atomic E-state index is 0.192. The van der Waals surface area contributed by atoms with Crippen molar-refractivity contribution in [3.8, 4) is 27.7 Å². The third-order valence-electron chi connectivity index (χ3n) is 8.61. The van der Waals surface area contributed by atoms with E-state index in [0.717, 1.165) is 36.6 Å². The number of likely N-dealkylation sites (tertiary alicyclic amines) is 1. The van der Waals surface area contributed by atoms with Crippen molar-refractivity contribution < 1.29 is 19.4 Å². The van der Waals surface area contributed by atoms with Crippen LogP contribution in [-0.2, 0) is 17.6 Å². The Balaban J connectivity index is 1.01. The van der Waals surface area contributed by atoms with Gasteiger partial charge in [-0.05, 0) is 127 Å². The van der Waals surface area contributed by atoms with E-state index in [1.54, 1.807) is 24.3 Å². The van der Waals surface area contributed by atoms with Crippen LogP contribution in [0.4, 0.5) is 0 Å². The van der Waals surface area contributed by atoms with Gasteiger partial charge in [0.25, 0.3) is 0 Å². The smallest absolute Gasteiger partial charge is 0.237 e. The van der Waals surface area contributed by atoms with E-state index < -0.39 is 6.04 Å². The van der Waals surface area contributed by atoms with Gasteiger partial charge in [0.2, 0.25) is 5.91 Å². The van der Waals surface area contributed by atoms with Crippen LogP contribution in [0, 0.1) is 0 Å². The van der Waals surface area contributed by atoms with Crippen molar-refractivity contribution in [1.29, 1.82) is 0 Å². The topological polar surface area (TPSA) is 97.0 Å². The molecule has 1 atom stereocenters. The van der Waals surface area contributed by atoms with E-state index in [9.17, 15) is 9.90 Å². The first-order valence-electron chi connectivity index (χ1n) is 16.5. The highest BCUT2D eigenvalue weighted by molar-refractivity contribution is 7.22. The lowest BCUT2D eigenvalue weighted by Gasteiger charge is -2.15. The van der Waals surface area contributed by atoms with Gasteiger partial charge in [-0.1, -0.05) is 42.5 Å². The Morgan fingerprint density at radius 3 is 2.26 bits per heavy atom. The van der Waals surface area contributed by atoms with Crippen LogP contribution in [-0.4, -0.2) is 61.3 Å². The molecule has 0 aliphatic carbocycles. The van der Waals surface area contributed by atoms with Gasteiger partial charge in [0.05, 0.1) is 12.6 Å². The molecule has 4 N–H and O–H groups in total. The predicted octanol–water partition coefficient (Wildman–Crippen LogP) is 6.79. The fraction of sp³-hybridized carbons (Fsp3) is 0.308. The van der Waals surface area contributed by atoms with Crippen LogP contribution in [0.5, 0.6) is 17.2 Å². The predicted molar refractivity (Wildman–Crippen MR) is 191 cm³/mol. The van der Waals surface area contributed by atoms with Crippen LogP contribution in [0.3, 0.4) is 0 Å². The van der Waals surface area contributed by atoms with Gasteiger partial charge in [0, 0.05) is 22.7 Å². The summed E-state index contributed by atoms with van der Waals surface area (Å²) in [6.07, 6.45) is 4.53. The Kier molecular flexibility index (Phi) is 11.1. The van der Waals surface area contributed by atoms with Crippen molar-refractivity contribution in [2.75, 3.05) is 39.4 Å². The number of benzene rings is 4. The lowest BCUT2D eigenvalue weighted by atomic mass is 9.99. The van der Waals surface area contributed by atoms with E-state index in [0.29, 0.717) is 26.0 Å². The zero-order valence-electron chi connectivity index (χ0n) is 26.7. The number of hydrogen-bond donors (Lipinski definition) is 3. The van der Waals surface area contributed by atoms with Crippen LogP contribution in [0.15, 0.2) is 97.1 Å². The van der Waals surface area contributed by atoms with Crippen LogP contribution >= 0.6 is 11.3 Å². The lowest BCUT2D eigenvalue weighted by molar-refractivity contribution is -0.122. The molecule has 6 rings (SSSR count). The lowest BCUT2D eigenvalue weighted by Crippen LogP contribution is -2.42. The molecule has 1 aromatic heterocycles. The molecule has 0 bridgehead atoms. The van der Waals surface area contributed by atoms with E-state index in [4.69, 9.17) is 15.2 Å². The highest BCUT2D eigenvalue weighted by Gasteiger charge is 2.16. The molecule has 1 aliphatic rings. The standard InChI is InChI=1S/C39H43N3O4S/c40-36(27-29-8-14-31(43)15-9-29)39(44)41-20-5-24-45-33-18-12-30(13-19-33)38-35(34-6-1-2-7-37(34)47-38)26-28-10-16-32(17-11-28)46-25-23-42-21-3-4-22-42/h1-2,6-19,36,43H,3-5,20-27,40H2,(H,41,44). The summed E-state index contributed by atoms with van der Waals surface area (Å²) < 4.78 is 13.3. The molecule has 47 heavy (non-hydrogen) atoms. The highest BCUT2D eigenvalue weighted by atomic mass is 32.1. The number of ether oxygens (including phenoxy) is 2. The van der Waals surface area contributed by atoms with Crippen LogP contribution in [0.1, 0.15) is 36.0 Å². The van der Waals surface area contributed by atoms with Crippen molar-refractivity contribution in [3.05, 3.63) is 114 Å². The monoisotopic (exact) mass is 649 g/mol. The summed E-state index contributed by atoms with van der Waals surface area (Å²) in [6, 6.07) is 31.6. The maximum atomic E-state index is 12.4. The summed E-state index contributed by atoms with van der Waals surface area (Å²) in [7, 11) is 0. The van der Waals surface area contributed by atoms with Crippen molar-refractivity contribution in [1.82, 2.24) is 10.2 Å². The number of nitrogens with two attached hydrogens (primary N) is 1. The molecular formula is C39H43N3O4S. The number of aromatic hydroxyl groups is 1. The van der Waals surface area contributed by atoms with Crippen molar-refractivity contribution in [2.45, 2.75) is 38.1 Å². The third-order valence-corrected chi connectivity index (χ3v) is 9.87. The van der Waals surface area contributed by atoms with Crippen molar-refractivity contribution in [2.24, 2.45) is 5.73 Å². The number of phenols is 1. The average Bonchev–Trinajstić information content (AvgIpc) is 3.75. The van der Waals surface area contributed by atoms with Crippen molar-refractivity contribution in [3.63, 3.8) is 0 Å². The van der Waals surface area contributed by atoms with E-state index >= 15 is 0 Å².